The number of hydrogen-bond donors (Lipinski definition) is 0. The predicted molar refractivity (Wildman–Crippen MR) is 104 cm³/mol. The van der Waals surface area contributed by atoms with Gasteiger partial charge in [-0.2, -0.15) is 9.40 Å². The summed E-state index contributed by atoms with van der Waals surface area (Å²) >= 11 is 12.1. The van der Waals surface area contributed by atoms with Crippen LogP contribution in [0.2, 0.25) is 10.0 Å². The number of carbonyl (C=O) groups is 1. The fraction of sp³-hybridized carbons (Fsp3) is 0.412. The fourth-order valence-electron chi connectivity index (χ4n) is 3.22. The molecule has 2 aromatic rings. The SMILES string of the molecule is Cc1nn(C)c(C)c1S(=O)(=O)N1CCN(C(=O)c2cc(Cl)ccc2Cl)CC1. The Kier molecular flexibility index (Phi) is 5.54. The van der Waals surface area contributed by atoms with Crippen LogP contribution < -0.4 is 0 Å². The molecule has 0 spiro atoms. The zero-order chi connectivity index (χ0) is 19.9. The number of benzene rings is 1. The first-order valence-corrected chi connectivity index (χ1v) is 10.6. The van der Waals surface area contributed by atoms with E-state index in [4.69, 9.17) is 23.2 Å². The molecule has 0 bridgehead atoms. The lowest BCUT2D eigenvalue weighted by molar-refractivity contribution is 0.0698. The molecule has 3 rings (SSSR count). The molecule has 0 saturated carbocycles. The van der Waals surface area contributed by atoms with E-state index in [1.54, 1.807) is 42.6 Å². The molecule has 1 aromatic carbocycles. The first kappa shape index (κ1) is 20.1. The number of hydrogen-bond acceptors (Lipinski definition) is 4. The van der Waals surface area contributed by atoms with E-state index in [2.05, 4.69) is 5.10 Å². The third kappa shape index (κ3) is 3.71. The second-order valence-corrected chi connectivity index (χ2v) is 9.16. The van der Waals surface area contributed by atoms with Crippen molar-refractivity contribution in [3.05, 3.63) is 45.2 Å². The van der Waals surface area contributed by atoms with Gasteiger partial charge in [-0.05, 0) is 32.0 Å². The topological polar surface area (TPSA) is 75.5 Å². The summed E-state index contributed by atoms with van der Waals surface area (Å²) in [4.78, 5) is 14.5. The Bertz CT molecular complexity index is 996. The van der Waals surface area contributed by atoms with Crippen LogP contribution >= 0.6 is 23.2 Å². The van der Waals surface area contributed by atoms with Gasteiger partial charge in [-0.3, -0.25) is 9.48 Å². The highest BCUT2D eigenvalue weighted by atomic mass is 35.5. The molecule has 1 aliphatic rings. The summed E-state index contributed by atoms with van der Waals surface area (Å²) < 4.78 is 29.0. The van der Waals surface area contributed by atoms with Crippen molar-refractivity contribution in [1.29, 1.82) is 0 Å². The van der Waals surface area contributed by atoms with Crippen LogP contribution in [0.25, 0.3) is 0 Å². The van der Waals surface area contributed by atoms with Crippen LogP contribution in [0.5, 0.6) is 0 Å². The normalized spacial score (nSPS) is 16.0. The molecular formula is C17H20Cl2N4O3S. The monoisotopic (exact) mass is 430 g/mol. The summed E-state index contributed by atoms with van der Waals surface area (Å²) in [6.45, 7) is 4.38. The van der Waals surface area contributed by atoms with Gasteiger partial charge in [0.2, 0.25) is 10.0 Å². The molecule has 1 saturated heterocycles. The van der Waals surface area contributed by atoms with E-state index in [-0.39, 0.29) is 37.0 Å². The average molecular weight is 431 g/mol. The highest BCUT2D eigenvalue weighted by Gasteiger charge is 2.34. The van der Waals surface area contributed by atoms with Crippen molar-refractivity contribution in [3.63, 3.8) is 0 Å². The van der Waals surface area contributed by atoms with Gasteiger partial charge in [0, 0.05) is 38.2 Å². The highest BCUT2D eigenvalue weighted by molar-refractivity contribution is 7.89. The van der Waals surface area contributed by atoms with Gasteiger partial charge in [0.05, 0.1) is 22.0 Å². The summed E-state index contributed by atoms with van der Waals surface area (Å²) in [5, 5.41) is 4.93. The van der Waals surface area contributed by atoms with Crippen LogP contribution in [-0.4, -0.2) is 59.5 Å². The Labute approximate surface area is 168 Å². The molecule has 7 nitrogen and oxygen atoms in total. The number of piperazine rings is 1. The van der Waals surface area contributed by atoms with Gasteiger partial charge in [0.15, 0.2) is 0 Å². The van der Waals surface area contributed by atoms with Crippen molar-refractivity contribution in [1.82, 2.24) is 19.0 Å². The number of amides is 1. The number of aryl methyl sites for hydroxylation is 2. The number of halogens is 2. The molecule has 10 heteroatoms. The van der Waals surface area contributed by atoms with Crippen LogP contribution in [0, 0.1) is 13.8 Å². The van der Waals surface area contributed by atoms with Crippen molar-refractivity contribution in [2.75, 3.05) is 26.2 Å². The minimum absolute atomic E-state index is 0.208. The zero-order valence-electron chi connectivity index (χ0n) is 15.2. The Hall–Kier alpha value is -1.61. The lowest BCUT2D eigenvalue weighted by Crippen LogP contribution is -2.50. The molecule has 1 amide bonds. The van der Waals surface area contributed by atoms with Gasteiger partial charge in [-0.25, -0.2) is 8.42 Å². The molecule has 27 heavy (non-hydrogen) atoms. The number of aromatic nitrogens is 2. The Balaban J connectivity index is 1.77. The maximum atomic E-state index is 13.0. The first-order chi connectivity index (χ1) is 12.6. The minimum atomic E-state index is -3.67. The summed E-state index contributed by atoms with van der Waals surface area (Å²) in [6.07, 6.45) is 0. The molecule has 1 fully saturated rings. The number of nitrogens with zero attached hydrogens (tertiary/aromatic N) is 4. The van der Waals surface area contributed by atoms with Gasteiger partial charge in [0.1, 0.15) is 4.90 Å². The molecule has 0 aliphatic carbocycles. The predicted octanol–water partition coefficient (Wildman–Crippen LogP) is 2.49. The average Bonchev–Trinajstić information content (AvgIpc) is 2.89. The lowest BCUT2D eigenvalue weighted by Gasteiger charge is -2.34. The van der Waals surface area contributed by atoms with Crippen LogP contribution in [-0.2, 0) is 17.1 Å². The minimum Gasteiger partial charge on any atom is -0.336 e. The van der Waals surface area contributed by atoms with Crippen molar-refractivity contribution >= 4 is 39.1 Å². The van der Waals surface area contributed by atoms with E-state index in [9.17, 15) is 13.2 Å². The molecule has 0 atom stereocenters. The largest absolute Gasteiger partial charge is 0.336 e. The van der Waals surface area contributed by atoms with Crippen LogP contribution in [0.1, 0.15) is 21.7 Å². The van der Waals surface area contributed by atoms with E-state index in [0.717, 1.165) is 0 Å². The van der Waals surface area contributed by atoms with Gasteiger partial charge in [-0.1, -0.05) is 23.2 Å². The quantitative estimate of drug-likeness (QED) is 0.749. The number of carbonyl (C=O) groups excluding carboxylic acids is 1. The number of sulfonamides is 1. The lowest BCUT2D eigenvalue weighted by atomic mass is 10.2. The van der Waals surface area contributed by atoms with Gasteiger partial charge in [-0.15, -0.1) is 0 Å². The zero-order valence-corrected chi connectivity index (χ0v) is 17.6. The molecule has 0 unspecified atom stereocenters. The van der Waals surface area contributed by atoms with Crippen molar-refractivity contribution in [3.8, 4) is 0 Å². The molecule has 0 radical (unpaired) electrons. The van der Waals surface area contributed by atoms with Gasteiger partial charge in [0.25, 0.3) is 5.91 Å². The van der Waals surface area contributed by atoms with Crippen molar-refractivity contribution in [2.24, 2.45) is 7.05 Å². The van der Waals surface area contributed by atoms with Crippen molar-refractivity contribution < 1.29 is 13.2 Å². The third-order valence-electron chi connectivity index (χ3n) is 4.73. The van der Waals surface area contributed by atoms with Crippen molar-refractivity contribution in [2.45, 2.75) is 18.7 Å². The van der Waals surface area contributed by atoms with Crippen LogP contribution in [0.15, 0.2) is 23.1 Å². The van der Waals surface area contributed by atoms with Gasteiger partial charge < -0.3 is 4.90 Å². The fourth-order valence-corrected chi connectivity index (χ4v) is 5.41. The van der Waals surface area contributed by atoms with E-state index in [1.807, 2.05) is 0 Å². The van der Waals surface area contributed by atoms with E-state index >= 15 is 0 Å². The highest BCUT2D eigenvalue weighted by Crippen LogP contribution is 2.26. The summed E-state index contributed by atoms with van der Waals surface area (Å²) in [6, 6.07) is 4.72. The smallest absolute Gasteiger partial charge is 0.255 e. The Morgan fingerprint density at radius 3 is 2.30 bits per heavy atom. The van der Waals surface area contributed by atoms with E-state index in [1.165, 1.54) is 10.4 Å². The van der Waals surface area contributed by atoms with Crippen LogP contribution in [0.3, 0.4) is 0 Å². The first-order valence-electron chi connectivity index (χ1n) is 8.37. The maximum absolute atomic E-state index is 13.0. The molecule has 146 valence electrons. The molecule has 1 aliphatic heterocycles. The Morgan fingerprint density at radius 2 is 1.74 bits per heavy atom. The molecule has 1 aromatic heterocycles. The second-order valence-electron chi connectivity index (χ2n) is 6.44. The van der Waals surface area contributed by atoms with Crippen LogP contribution in [0.4, 0.5) is 0 Å². The second kappa shape index (κ2) is 7.43. The van der Waals surface area contributed by atoms with E-state index < -0.39 is 10.0 Å². The van der Waals surface area contributed by atoms with E-state index in [0.29, 0.717) is 27.0 Å². The molecule has 2 heterocycles. The summed E-state index contributed by atoms with van der Waals surface area (Å²) in [5.41, 5.74) is 1.38. The third-order valence-corrected chi connectivity index (χ3v) is 7.44. The molecule has 0 N–H and O–H groups in total. The standard InChI is InChI=1S/C17H20Cl2N4O3S/c1-11-16(12(2)21(3)20-11)27(25,26)23-8-6-22(7-9-23)17(24)14-10-13(18)4-5-15(14)19/h4-5,10H,6-9H2,1-3H3. The number of rotatable bonds is 3. The van der Waals surface area contributed by atoms with Gasteiger partial charge >= 0.3 is 0 Å². The molecular weight excluding hydrogens is 411 g/mol. The Morgan fingerprint density at radius 1 is 1.11 bits per heavy atom. The maximum Gasteiger partial charge on any atom is 0.255 e. The summed E-state index contributed by atoms with van der Waals surface area (Å²) in [7, 11) is -1.95. The summed E-state index contributed by atoms with van der Waals surface area (Å²) in [5.74, 6) is -0.256.